The van der Waals surface area contributed by atoms with Crippen LogP contribution in [0, 0.1) is 0 Å². The number of halogens is 1. The number of hydrogen-bond donors (Lipinski definition) is 1. The topological polar surface area (TPSA) is 65.8 Å². The Balaban J connectivity index is 0.00000272. The molecular formula is C23H33IN6O. The van der Waals surface area contributed by atoms with E-state index in [0.717, 1.165) is 62.5 Å². The quantitative estimate of drug-likeness (QED) is 0.371. The molecule has 2 fully saturated rings. The lowest BCUT2D eigenvalue weighted by Crippen LogP contribution is -2.39. The lowest BCUT2D eigenvalue weighted by molar-refractivity contribution is 0.0724. The molecule has 1 amide bonds. The predicted octanol–water partition coefficient (Wildman–Crippen LogP) is 3.23. The molecule has 0 radical (unpaired) electrons. The smallest absolute Gasteiger partial charge is 0.253 e. The van der Waals surface area contributed by atoms with Gasteiger partial charge in [0, 0.05) is 64.5 Å². The first-order valence-electron chi connectivity index (χ1n) is 11.0. The van der Waals surface area contributed by atoms with Gasteiger partial charge >= 0.3 is 0 Å². The molecule has 0 aliphatic carbocycles. The van der Waals surface area contributed by atoms with Crippen LogP contribution in [0.5, 0.6) is 0 Å². The van der Waals surface area contributed by atoms with Gasteiger partial charge in [-0.2, -0.15) is 5.10 Å². The average molecular weight is 536 g/mol. The summed E-state index contributed by atoms with van der Waals surface area (Å²) in [6, 6.07) is 7.98. The number of hydrogen-bond acceptors (Lipinski definition) is 3. The Kier molecular flexibility index (Phi) is 8.34. The van der Waals surface area contributed by atoms with E-state index in [1.54, 1.807) is 0 Å². The van der Waals surface area contributed by atoms with E-state index >= 15 is 0 Å². The van der Waals surface area contributed by atoms with Crippen molar-refractivity contribution in [1.82, 2.24) is 24.9 Å². The third-order valence-electron chi connectivity index (χ3n) is 6.19. The standard InChI is InChI=1S/C23H32N6O.HI/c1-24-23(29-13-10-20(17-29)21-15-26-27(2)16-21)25-14-18-6-8-19(9-7-18)22(30)28-11-4-3-5-12-28;/h6-9,15-16,20H,3-5,10-14,17H2,1-2H3,(H,24,25);1H. The lowest BCUT2D eigenvalue weighted by atomic mass is 10.0. The molecular weight excluding hydrogens is 503 g/mol. The highest BCUT2D eigenvalue weighted by Crippen LogP contribution is 2.26. The summed E-state index contributed by atoms with van der Waals surface area (Å²) >= 11 is 0. The van der Waals surface area contributed by atoms with Gasteiger partial charge in [-0.1, -0.05) is 12.1 Å². The van der Waals surface area contributed by atoms with Crippen LogP contribution >= 0.6 is 24.0 Å². The molecule has 2 aromatic rings. The molecule has 3 heterocycles. The Morgan fingerprint density at radius 3 is 2.52 bits per heavy atom. The first-order chi connectivity index (χ1) is 14.6. The van der Waals surface area contributed by atoms with Crippen LogP contribution in [-0.2, 0) is 13.6 Å². The zero-order valence-corrected chi connectivity index (χ0v) is 20.8. The number of amides is 1. The fraction of sp³-hybridized carbons (Fsp3) is 0.522. The van der Waals surface area contributed by atoms with Crippen LogP contribution in [0.1, 0.15) is 53.1 Å². The van der Waals surface area contributed by atoms with E-state index < -0.39 is 0 Å². The van der Waals surface area contributed by atoms with Crippen LogP contribution in [0.2, 0.25) is 0 Å². The molecule has 8 heteroatoms. The number of carbonyl (C=O) groups excluding carboxylic acids is 1. The molecule has 31 heavy (non-hydrogen) atoms. The third-order valence-corrected chi connectivity index (χ3v) is 6.19. The van der Waals surface area contributed by atoms with Crippen molar-refractivity contribution in [3.63, 3.8) is 0 Å². The minimum Gasteiger partial charge on any atom is -0.352 e. The molecule has 0 spiro atoms. The molecule has 2 aliphatic rings. The van der Waals surface area contributed by atoms with Crippen LogP contribution in [0.4, 0.5) is 0 Å². The van der Waals surface area contributed by atoms with Crippen LogP contribution in [0.15, 0.2) is 41.7 Å². The van der Waals surface area contributed by atoms with Crippen molar-refractivity contribution in [2.75, 3.05) is 33.2 Å². The largest absolute Gasteiger partial charge is 0.352 e. The highest BCUT2D eigenvalue weighted by Gasteiger charge is 2.26. The van der Waals surface area contributed by atoms with Crippen LogP contribution in [-0.4, -0.2) is 64.7 Å². The third kappa shape index (κ3) is 5.78. The Hall–Kier alpha value is -2.10. The summed E-state index contributed by atoms with van der Waals surface area (Å²) in [5.74, 6) is 1.58. The van der Waals surface area contributed by atoms with Gasteiger partial charge in [-0.05, 0) is 48.9 Å². The van der Waals surface area contributed by atoms with E-state index in [0.29, 0.717) is 12.5 Å². The number of carbonyl (C=O) groups is 1. The summed E-state index contributed by atoms with van der Waals surface area (Å²) in [4.78, 5) is 21.4. The molecule has 0 saturated carbocycles. The summed E-state index contributed by atoms with van der Waals surface area (Å²) in [5.41, 5.74) is 3.22. The Morgan fingerprint density at radius 2 is 1.87 bits per heavy atom. The number of piperidine rings is 1. The second-order valence-corrected chi connectivity index (χ2v) is 8.33. The molecule has 1 aromatic heterocycles. The Morgan fingerprint density at radius 1 is 1.13 bits per heavy atom. The van der Waals surface area contributed by atoms with Crippen molar-refractivity contribution in [3.8, 4) is 0 Å². The van der Waals surface area contributed by atoms with Gasteiger partial charge in [0.05, 0.1) is 6.20 Å². The van der Waals surface area contributed by atoms with Crippen LogP contribution in [0.3, 0.4) is 0 Å². The van der Waals surface area contributed by atoms with E-state index in [1.165, 1.54) is 12.0 Å². The number of aromatic nitrogens is 2. The zero-order valence-electron chi connectivity index (χ0n) is 18.5. The minimum atomic E-state index is 0. The van der Waals surface area contributed by atoms with Crippen LogP contribution in [0.25, 0.3) is 0 Å². The number of guanidine groups is 1. The number of nitrogens with zero attached hydrogens (tertiary/aromatic N) is 5. The molecule has 168 valence electrons. The number of nitrogens with one attached hydrogen (secondary N) is 1. The van der Waals surface area contributed by atoms with Crippen molar-refractivity contribution >= 4 is 35.8 Å². The van der Waals surface area contributed by atoms with Gasteiger partial charge in [0.25, 0.3) is 5.91 Å². The van der Waals surface area contributed by atoms with Gasteiger partial charge in [0.15, 0.2) is 5.96 Å². The fourth-order valence-electron chi connectivity index (χ4n) is 4.43. The molecule has 2 aliphatic heterocycles. The molecule has 4 rings (SSSR count). The van der Waals surface area contributed by atoms with E-state index in [-0.39, 0.29) is 29.9 Å². The summed E-state index contributed by atoms with van der Waals surface area (Å²) in [6.45, 7) is 4.40. The number of likely N-dealkylation sites (tertiary alicyclic amines) is 2. The van der Waals surface area contributed by atoms with E-state index in [4.69, 9.17) is 0 Å². The molecule has 1 unspecified atom stereocenters. The summed E-state index contributed by atoms with van der Waals surface area (Å²) < 4.78 is 1.87. The van der Waals surface area contributed by atoms with E-state index in [2.05, 4.69) is 26.5 Å². The zero-order chi connectivity index (χ0) is 20.9. The highest BCUT2D eigenvalue weighted by molar-refractivity contribution is 14.0. The highest BCUT2D eigenvalue weighted by atomic mass is 127. The van der Waals surface area contributed by atoms with Gasteiger partial charge in [-0.15, -0.1) is 24.0 Å². The molecule has 7 nitrogen and oxygen atoms in total. The summed E-state index contributed by atoms with van der Waals surface area (Å²) in [5, 5.41) is 7.78. The van der Waals surface area contributed by atoms with Gasteiger partial charge in [-0.25, -0.2) is 0 Å². The number of benzene rings is 1. The van der Waals surface area contributed by atoms with E-state index in [9.17, 15) is 4.79 Å². The molecule has 1 atom stereocenters. The molecule has 0 bridgehead atoms. The van der Waals surface area contributed by atoms with Crippen molar-refractivity contribution in [2.45, 2.75) is 38.1 Å². The van der Waals surface area contributed by atoms with Crippen molar-refractivity contribution < 1.29 is 4.79 Å². The number of aliphatic imine (C=N–C) groups is 1. The van der Waals surface area contributed by atoms with Crippen molar-refractivity contribution in [2.24, 2.45) is 12.0 Å². The normalized spacial score (nSPS) is 19.3. The van der Waals surface area contributed by atoms with Crippen molar-refractivity contribution in [3.05, 3.63) is 53.3 Å². The van der Waals surface area contributed by atoms with Gasteiger partial charge in [0.1, 0.15) is 0 Å². The Bertz CT molecular complexity index is 888. The maximum absolute atomic E-state index is 12.6. The van der Waals surface area contributed by atoms with Crippen LogP contribution < -0.4 is 5.32 Å². The first kappa shape index (κ1) is 23.6. The molecule has 1 N–H and O–H groups in total. The molecule has 1 aromatic carbocycles. The maximum atomic E-state index is 12.6. The Labute approximate surface area is 201 Å². The average Bonchev–Trinajstić information content (AvgIpc) is 3.44. The fourth-order valence-corrected chi connectivity index (χ4v) is 4.43. The summed E-state index contributed by atoms with van der Waals surface area (Å²) in [6.07, 6.45) is 8.65. The van der Waals surface area contributed by atoms with Gasteiger partial charge in [-0.3, -0.25) is 14.5 Å². The lowest BCUT2D eigenvalue weighted by Gasteiger charge is -2.26. The van der Waals surface area contributed by atoms with Crippen molar-refractivity contribution in [1.29, 1.82) is 0 Å². The first-order valence-corrected chi connectivity index (χ1v) is 11.0. The van der Waals surface area contributed by atoms with E-state index in [1.807, 2.05) is 54.1 Å². The monoisotopic (exact) mass is 536 g/mol. The second-order valence-electron chi connectivity index (χ2n) is 8.33. The molecule has 2 saturated heterocycles. The summed E-state index contributed by atoms with van der Waals surface area (Å²) in [7, 11) is 3.79. The predicted molar refractivity (Wildman–Crippen MR) is 134 cm³/mol. The SMILES string of the molecule is CN=C(NCc1ccc(C(=O)N2CCCCC2)cc1)N1CCC(c2cnn(C)c2)C1.I. The van der Waals surface area contributed by atoms with Gasteiger partial charge in [0.2, 0.25) is 0 Å². The van der Waals surface area contributed by atoms with Gasteiger partial charge < -0.3 is 15.1 Å². The number of rotatable bonds is 4. The number of aryl methyl sites for hydroxylation is 1. The second kappa shape index (κ2) is 11.0. The maximum Gasteiger partial charge on any atom is 0.253 e. The minimum absolute atomic E-state index is 0.